The molecule has 1 N–H and O–H groups in total. The van der Waals surface area contributed by atoms with E-state index < -0.39 is 0 Å². The van der Waals surface area contributed by atoms with Gasteiger partial charge in [0.1, 0.15) is 18.1 Å². The Labute approximate surface area is 119 Å². The SMILES string of the molecule is CNCc1occc1CN1CCOc2ccccc2C1. The molecule has 0 fully saturated rings. The minimum atomic E-state index is 0.732. The second-order valence-electron chi connectivity index (χ2n) is 5.07. The number of benzene rings is 1. The van der Waals surface area contributed by atoms with Gasteiger partial charge in [0.05, 0.1) is 12.8 Å². The standard InChI is InChI=1S/C16H20N2O2/c1-17-10-16-14(6-8-19-16)12-18-7-9-20-15-5-3-2-4-13(15)11-18/h2-6,8,17H,7,9-12H2,1H3. The van der Waals surface area contributed by atoms with E-state index in [9.17, 15) is 0 Å². The number of furan rings is 1. The average molecular weight is 272 g/mol. The molecule has 0 saturated heterocycles. The molecule has 4 heteroatoms. The van der Waals surface area contributed by atoms with Crippen molar-refractivity contribution in [2.24, 2.45) is 0 Å². The molecule has 4 nitrogen and oxygen atoms in total. The maximum Gasteiger partial charge on any atom is 0.123 e. The van der Waals surface area contributed by atoms with Crippen LogP contribution in [0.25, 0.3) is 0 Å². The topological polar surface area (TPSA) is 37.6 Å². The number of fused-ring (bicyclic) bond motifs is 1. The molecule has 0 bridgehead atoms. The first-order valence-corrected chi connectivity index (χ1v) is 6.99. The third kappa shape index (κ3) is 2.86. The first-order chi connectivity index (χ1) is 9.86. The Bertz CT molecular complexity index is 565. The van der Waals surface area contributed by atoms with Gasteiger partial charge in [0.2, 0.25) is 0 Å². The fourth-order valence-corrected chi connectivity index (χ4v) is 2.58. The third-order valence-corrected chi connectivity index (χ3v) is 3.60. The Balaban J connectivity index is 1.73. The highest BCUT2D eigenvalue weighted by atomic mass is 16.5. The second-order valence-corrected chi connectivity index (χ2v) is 5.07. The van der Waals surface area contributed by atoms with Crippen LogP contribution in [0.15, 0.2) is 41.0 Å². The molecule has 3 rings (SSSR count). The highest BCUT2D eigenvalue weighted by molar-refractivity contribution is 5.34. The molecule has 1 aromatic carbocycles. The van der Waals surface area contributed by atoms with Gasteiger partial charge >= 0.3 is 0 Å². The predicted molar refractivity (Wildman–Crippen MR) is 77.5 cm³/mol. The molecule has 2 heterocycles. The summed E-state index contributed by atoms with van der Waals surface area (Å²) in [6.45, 7) is 4.24. The molecular weight excluding hydrogens is 252 g/mol. The van der Waals surface area contributed by atoms with Crippen LogP contribution in [0, 0.1) is 0 Å². The van der Waals surface area contributed by atoms with Gasteiger partial charge in [-0.1, -0.05) is 18.2 Å². The van der Waals surface area contributed by atoms with Crippen LogP contribution in [0.2, 0.25) is 0 Å². The summed E-state index contributed by atoms with van der Waals surface area (Å²) in [5, 5.41) is 3.14. The number of rotatable bonds is 4. The van der Waals surface area contributed by atoms with Crippen LogP contribution >= 0.6 is 0 Å². The van der Waals surface area contributed by atoms with Crippen molar-refractivity contribution in [3.05, 3.63) is 53.5 Å². The predicted octanol–water partition coefficient (Wildman–Crippen LogP) is 2.39. The van der Waals surface area contributed by atoms with Gasteiger partial charge in [0, 0.05) is 30.8 Å². The smallest absolute Gasteiger partial charge is 0.123 e. The third-order valence-electron chi connectivity index (χ3n) is 3.60. The fraction of sp³-hybridized carbons (Fsp3) is 0.375. The molecule has 1 aliphatic rings. The van der Waals surface area contributed by atoms with E-state index in [4.69, 9.17) is 9.15 Å². The fourth-order valence-electron chi connectivity index (χ4n) is 2.58. The quantitative estimate of drug-likeness (QED) is 0.927. The molecular formula is C16H20N2O2. The summed E-state index contributed by atoms with van der Waals surface area (Å²) in [7, 11) is 1.93. The lowest BCUT2D eigenvalue weighted by atomic mass is 10.1. The number of ether oxygens (including phenoxy) is 1. The van der Waals surface area contributed by atoms with E-state index in [1.807, 2.05) is 19.2 Å². The molecule has 0 unspecified atom stereocenters. The molecule has 106 valence electrons. The number of nitrogens with one attached hydrogen (secondary N) is 1. The first kappa shape index (κ1) is 13.2. The minimum Gasteiger partial charge on any atom is -0.492 e. The monoisotopic (exact) mass is 272 g/mol. The van der Waals surface area contributed by atoms with E-state index >= 15 is 0 Å². The zero-order valence-electron chi connectivity index (χ0n) is 11.8. The van der Waals surface area contributed by atoms with Gasteiger partial charge in [-0.15, -0.1) is 0 Å². The van der Waals surface area contributed by atoms with E-state index in [-0.39, 0.29) is 0 Å². The zero-order chi connectivity index (χ0) is 13.8. The van der Waals surface area contributed by atoms with Crippen molar-refractivity contribution in [2.75, 3.05) is 20.2 Å². The van der Waals surface area contributed by atoms with Crippen LogP contribution in [0.1, 0.15) is 16.9 Å². The molecule has 0 saturated carbocycles. The lowest BCUT2D eigenvalue weighted by Gasteiger charge is -2.19. The highest BCUT2D eigenvalue weighted by Gasteiger charge is 2.17. The Morgan fingerprint density at radius 2 is 2.15 bits per heavy atom. The summed E-state index contributed by atoms with van der Waals surface area (Å²) in [4.78, 5) is 2.40. The molecule has 20 heavy (non-hydrogen) atoms. The summed E-state index contributed by atoms with van der Waals surface area (Å²) in [5.74, 6) is 2.03. The van der Waals surface area contributed by atoms with Crippen molar-refractivity contribution >= 4 is 0 Å². The Morgan fingerprint density at radius 3 is 3.05 bits per heavy atom. The van der Waals surface area contributed by atoms with Crippen molar-refractivity contribution in [2.45, 2.75) is 19.6 Å². The van der Waals surface area contributed by atoms with E-state index in [0.29, 0.717) is 0 Å². The van der Waals surface area contributed by atoms with Crippen LogP contribution < -0.4 is 10.1 Å². The lowest BCUT2D eigenvalue weighted by molar-refractivity contribution is 0.218. The van der Waals surface area contributed by atoms with Gasteiger partial charge in [-0.05, 0) is 19.2 Å². The van der Waals surface area contributed by atoms with Crippen molar-refractivity contribution < 1.29 is 9.15 Å². The Hall–Kier alpha value is -1.78. The van der Waals surface area contributed by atoms with Crippen molar-refractivity contribution in [3.8, 4) is 5.75 Å². The van der Waals surface area contributed by atoms with Crippen molar-refractivity contribution in [3.63, 3.8) is 0 Å². The largest absolute Gasteiger partial charge is 0.492 e. The molecule has 0 atom stereocenters. The van der Waals surface area contributed by atoms with Crippen LogP contribution in [0.3, 0.4) is 0 Å². The van der Waals surface area contributed by atoms with Gasteiger partial charge in [-0.2, -0.15) is 0 Å². The summed E-state index contributed by atoms with van der Waals surface area (Å²) in [5.41, 5.74) is 2.50. The number of hydrogen-bond donors (Lipinski definition) is 1. The molecule has 0 aliphatic carbocycles. The van der Waals surface area contributed by atoms with Gasteiger partial charge < -0.3 is 14.5 Å². The zero-order valence-corrected chi connectivity index (χ0v) is 11.8. The van der Waals surface area contributed by atoms with Gasteiger partial charge in [-0.25, -0.2) is 0 Å². The molecule has 0 spiro atoms. The van der Waals surface area contributed by atoms with E-state index in [1.165, 1.54) is 11.1 Å². The Kier molecular flexibility index (Phi) is 4.04. The molecule has 2 aromatic rings. The minimum absolute atomic E-state index is 0.732. The lowest BCUT2D eigenvalue weighted by Crippen LogP contribution is -2.25. The van der Waals surface area contributed by atoms with Gasteiger partial charge in [-0.3, -0.25) is 4.90 Å². The van der Waals surface area contributed by atoms with Crippen LogP contribution in [0.4, 0.5) is 0 Å². The van der Waals surface area contributed by atoms with Crippen LogP contribution in [-0.2, 0) is 19.6 Å². The molecule has 0 radical (unpaired) electrons. The summed E-state index contributed by atoms with van der Waals surface area (Å²) < 4.78 is 11.3. The van der Waals surface area contributed by atoms with Crippen LogP contribution in [0.5, 0.6) is 5.75 Å². The van der Waals surface area contributed by atoms with Crippen LogP contribution in [-0.4, -0.2) is 25.1 Å². The van der Waals surface area contributed by atoms with Crippen molar-refractivity contribution in [1.82, 2.24) is 10.2 Å². The average Bonchev–Trinajstić information content (AvgIpc) is 2.78. The maximum atomic E-state index is 5.80. The molecule has 0 amide bonds. The van der Waals surface area contributed by atoms with E-state index in [2.05, 4.69) is 28.4 Å². The Morgan fingerprint density at radius 1 is 1.25 bits per heavy atom. The number of nitrogens with zero attached hydrogens (tertiary/aromatic N) is 1. The summed E-state index contributed by atoms with van der Waals surface area (Å²) in [6.07, 6.45) is 1.77. The molecule has 1 aromatic heterocycles. The number of para-hydroxylation sites is 1. The molecule has 1 aliphatic heterocycles. The summed E-state index contributed by atoms with van der Waals surface area (Å²) in [6, 6.07) is 10.3. The maximum absolute atomic E-state index is 5.80. The van der Waals surface area contributed by atoms with E-state index in [0.717, 1.165) is 44.3 Å². The highest BCUT2D eigenvalue weighted by Crippen LogP contribution is 2.24. The first-order valence-electron chi connectivity index (χ1n) is 6.99. The van der Waals surface area contributed by atoms with Gasteiger partial charge in [0.25, 0.3) is 0 Å². The summed E-state index contributed by atoms with van der Waals surface area (Å²) >= 11 is 0. The normalized spacial score (nSPS) is 15.4. The number of hydrogen-bond acceptors (Lipinski definition) is 4. The van der Waals surface area contributed by atoms with Crippen molar-refractivity contribution in [1.29, 1.82) is 0 Å². The second kappa shape index (κ2) is 6.11. The van der Waals surface area contributed by atoms with E-state index in [1.54, 1.807) is 6.26 Å². The van der Waals surface area contributed by atoms with Gasteiger partial charge in [0.15, 0.2) is 0 Å².